The van der Waals surface area contributed by atoms with Gasteiger partial charge in [-0.25, -0.2) is 4.39 Å². The molecule has 1 aliphatic rings. The molecule has 0 spiro atoms. The number of anilines is 2. The normalized spacial score (nSPS) is 14.9. The number of methoxy groups -OCH3 is 1. The van der Waals surface area contributed by atoms with Gasteiger partial charge in [0, 0.05) is 31.3 Å². The zero-order valence-electron chi connectivity index (χ0n) is 17.4. The van der Waals surface area contributed by atoms with E-state index >= 15 is 0 Å². The molecule has 0 aliphatic carbocycles. The van der Waals surface area contributed by atoms with Gasteiger partial charge in [0.1, 0.15) is 5.82 Å². The molecular formula is C21H22FN7O3. The first-order valence-corrected chi connectivity index (χ1v) is 10.0. The topological polar surface area (TPSA) is 123 Å². The van der Waals surface area contributed by atoms with E-state index in [4.69, 9.17) is 4.74 Å². The number of fused-ring (bicyclic) bond motifs is 1. The fourth-order valence-corrected chi connectivity index (χ4v) is 3.27. The Hall–Kier alpha value is -3.86. The minimum Gasteiger partial charge on any atom is -0.383 e. The van der Waals surface area contributed by atoms with Crippen molar-refractivity contribution in [2.75, 3.05) is 37.4 Å². The maximum Gasteiger partial charge on any atom is 0.254 e. The van der Waals surface area contributed by atoms with Crippen molar-refractivity contribution in [3.05, 3.63) is 53.0 Å². The SMILES string of the molecule is COCCNc1nc(NCCc2cccc(F)c2)n2ncc(C=C3CC(=O)NC3=O)c2n1. The summed E-state index contributed by atoms with van der Waals surface area (Å²) in [6.07, 6.45) is 3.75. The minimum absolute atomic E-state index is 0.0128. The van der Waals surface area contributed by atoms with Gasteiger partial charge in [-0.15, -0.1) is 0 Å². The largest absolute Gasteiger partial charge is 0.383 e. The van der Waals surface area contributed by atoms with Crippen LogP contribution in [0, 0.1) is 5.82 Å². The fourth-order valence-electron chi connectivity index (χ4n) is 3.27. The van der Waals surface area contributed by atoms with Crippen LogP contribution in [-0.4, -0.2) is 58.2 Å². The van der Waals surface area contributed by atoms with Crippen LogP contribution in [0.15, 0.2) is 36.0 Å². The molecular weight excluding hydrogens is 417 g/mol. The van der Waals surface area contributed by atoms with E-state index in [1.807, 2.05) is 6.07 Å². The van der Waals surface area contributed by atoms with Crippen molar-refractivity contribution in [1.82, 2.24) is 24.9 Å². The highest BCUT2D eigenvalue weighted by atomic mass is 19.1. The maximum atomic E-state index is 13.4. The smallest absolute Gasteiger partial charge is 0.254 e. The van der Waals surface area contributed by atoms with Gasteiger partial charge < -0.3 is 15.4 Å². The van der Waals surface area contributed by atoms with Crippen molar-refractivity contribution in [3.8, 4) is 0 Å². The first-order chi connectivity index (χ1) is 15.5. The number of benzene rings is 1. The number of nitrogens with zero attached hydrogens (tertiary/aromatic N) is 4. The van der Waals surface area contributed by atoms with Crippen molar-refractivity contribution in [1.29, 1.82) is 0 Å². The van der Waals surface area contributed by atoms with Crippen molar-refractivity contribution in [2.24, 2.45) is 0 Å². The Balaban J connectivity index is 1.61. The Morgan fingerprint density at radius 1 is 1.25 bits per heavy atom. The van der Waals surface area contributed by atoms with E-state index in [-0.39, 0.29) is 18.1 Å². The monoisotopic (exact) mass is 439 g/mol. The van der Waals surface area contributed by atoms with Gasteiger partial charge >= 0.3 is 0 Å². The van der Waals surface area contributed by atoms with Gasteiger partial charge in [-0.05, 0) is 30.2 Å². The second-order valence-corrected chi connectivity index (χ2v) is 7.16. The van der Waals surface area contributed by atoms with E-state index in [0.29, 0.717) is 54.8 Å². The van der Waals surface area contributed by atoms with Crippen LogP contribution < -0.4 is 16.0 Å². The van der Waals surface area contributed by atoms with Crippen molar-refractivity contribution >= 4 is 35.4 Å². The summed E-state index contributed by atoms with van der Waals surface area (Å²) in [5.41, 5.74) is 2.24. The standard InChI is InChI=1S/C21H22FN7O3/c1-32-8-7-23-20-27-18-15(10-14-11-17(30)26-19(14)31)12-25-29(18)21(28-20)24-6-5-13-3-2-4-16(22)9-13/h2-4,9-10,12H,5-8,11H2,1H3,(H,26,30,31)(H2,23,24,27,28). The summed E-state index contributed by atoms with van der Waals surface area (Å²) in [6.45, 7) is 1.45. The van der Waals surface area contributed by atoms with Gasteiger partial charge in [0.2, 0.25) is 17.8 Å². The zero-order valence-corrected chi connectivity index (χ0v) is 17.4. The quantitative estimate of drug-likeness (QED) is 0.260. The van der Waals surface area contributed by atoms with Gasteiger partial charge in [0.05, 0.1) is 19.2 Å². The highest BCUT2D eigenvalue weighted by Gasteiger charge is 2.24. The average Bonchev–Trinajstić information content (AvgIpc) is 3.31. The lowest BCUT2D eigenvalue weighted by atomic mass is 10.1. The number of ether oxygens (including phenoxy) is 1. The maximum absolute atomic E-state index is 13.4. The van der Waals surface area contributed by atoms with Crippen LogP contribution in [0.2, 0.25) is 0 Å². The molecule has 0 bridgehead atoms. The number of hydrogen-bond acceptors (Lipinski definition) is 8. The zero-order chi connectivity index (χ0) is 22.5. The molecule has 11 heteroatoms. The van der Waals surface area contributed by atoms with E-state index < -0.39 is 5.91 Å². The first-order valence-electron chi connectivity index (χ1n) is 10.0. The molecule has 0 atom stereocenters. The molecule has 4 rings (SSSR count). The Bertz CT molecular complexity index is 1190. The number of rotatable bonds is 9. The van der Waals surface area contributed by atoms with Crippen molar-refractivity contribution in [3.63, 3.8) is 0 Å². The first kappa shape index (κ1) is 21.4. The summed E-state index contributed by atoms with van der Waals surface area (Å²) in [6, 6.07) is 6.41. The minimum atomic E-state index is -0.421. The Morgan fingerprint density at radius 3 is 2.88 bits per heavy atom. The van der Waals surface area contributed by atoms with Crippen molar-refractivity contribution < 1.29 is 18.7 Å². The molecule has 0 unspecified atom stereocenters. The van der Waals surface area contributed by atoms with Crippen molar-refractivity contribution in [2.45, 2.75) is 12.8 Å². The molecule has 10 nitrogen and oxygen atoms in total. The van der Waals surface area contributed by atoms with Crippen LogP contribution in [0.3, 0.4) is 0 Å². The highest BCUT2D eigenvalue weighted by molar-refractivity contribution is 6.15. The number of imide groups is 1. The van der Waals surface area contributed by atoms with Gasteiger partial charge in [0.15, 0.2) is 5.65 Å². The van der Waals surface area contributed by atoms with E-state index in [9.17, 15) is 14.0 Å². The van der Waals surface area contributed by atoms with Crippen LogP contribution in [0.4, 0.5) is 16.3 Å². The third-order valence-corrected chi connectivity index (χ3v) is 4.80. The van der Waals surface area contributed by atoms with Crippen LogP contribution >= 0.6 is 0 Å². The molecule has 2 amide bonds. The predicted octanol–water partition coefficient (Wildman–Crippen LogP) is 1.41. The van der Waals surface area contributed by atoms with Crippen LogP contribution in [0.1, 0.15) is 17.5 Å². The number of aromatic nitrogens is 4. The van der Waals surface area contributed by atoms with Crippen LogP contribution in [-0.2, 0) is 20.7 Å². The lowest BCUT2D eigenvalue weighted by molar-refractivity contribution is -0.124. The van der Waals surface area contributed by atoms with Crippen LogP contribution in [0.5, 0.6) is 0 Å². The summed E-state index contributed by atoms with van der Waals surface area (Å²) in [4.78, 5) is 32.4. The molecule has 1 aromatic carbocycles. The Labute approximate surface area is 182 Å². The van der Waals surface area contributed by atoms with Crippen LogP contribution in [0.25, 0.3) is 11.7 Å². The number of carbonyl (C=O) groups is 2. The van der Waals surface area contributed by atoms with Gasteiger partial charge in [-0.2, -0.15) is 19.6 Å². The Morgan fingerprint density at radius 2 is 2.12 bits per heavy atom. The molecule has 0 saturated carbocycles. The van der Waals surface area contributed by atoms with E-state index in [1.165, 1.54) is 16.6 Å². The van der Waals surface area contributed by atoms with Gasteiger partial charge in [-0.1, -0.05) is 12.1 Å². The molecule has 0 radical (unpaired) electrons. The van der Waals surface area contributed by atoms with E-state index in [0.717, 1.165) is 5.56 Å². The second kappa shape index (κ2) is 9.52. The molecule has 166 valence electrons. The number of nitrogens with one attached hydrogen (secondary N) is 3. The molecule has 1 aliphatic heterocycles. The predicted molar refractivity (Wildman–Crippen MR) is 115 cm³/mol. The van der Waals surface area contributed by atoms with Gasteiger partial charge in [0.25, 0.3) is 5.91 Å². The number of amides is 2. The second-order valence-electron chi connectivity index (χ2n) is 7.16. The van der Waals surface area contributed by atoms with E-state index in [1.54, 1.807) is 25.4 Å². The lowest BCUT2D eigenvalue weighted by Gasteiger charge is -2.11. The molecule has 3 N–H and O–H groups in total. The number of halogens is 1. The molecule has 1 fully saturated rings. The summed E-state index contributed by atoms with van der Waals surface area (Å²) in [5, 5.41) is 12.9. The van der Waals surface area contributed by atoms with Gasteiger partial charge in [-0.3, -0.25) is 14.9 Å². The Kier molecular flexibility index (Phi) is 6.36. The summed E-state index contributed by atoms with van der Waals surface area (Å²) >= 11 is 0. The third kappa shape index (κ3) is 4.89. The number of carbonyl (C=O) groups excluding carboxylic acids is 2. The molecule has 32 heavy (non-hydrogen) atoms. The molecule has 3 aromatic rings. The summed E-state index contributed by atoms with van der Waals surface area (Å²) < 4.78 is 20.0. The molecule has 2 aromatic heterocycles. The number of hydrogen-bond donors (Lipinski definition) is 3. The summed E-state index contributed by atoms with van der Waals surface area (Å²) in [5.74, 6) is -0.252. The third-order valence-electron chi connectivity index (χ3n) is 4.80. The molecule has 1 saturated heterocycles. The molecule has 3 heterocycles. The fraction of sp³-hybridized carbons (Fsp3) is 0.286. The average molecular weight is 439 g/mol. The summed E-state index contributed by atoms with van der Waals surface area (Å²) in [7, 11) is 1.60. The lowest BCUT2D eigenvalue weighted by Crippen LogP contribution is -2.19. The van der Waals surface area contributed by atoms with E-state index in [2.05, 4.69) is 31.0 Å². The highest BCUT2D eigenvalue weighted by Crippen LogP contribution is 2.20.